The van der Waals surface area contributed by atoms with Crippen molar-refractivity contribution in [2.75, 3.05) is 6.26 Å². The summed E-state index contributed by atoms with van der Waals surface area (Å²) in [7, 11) is -3.70. The van der Waals surface area contributed by atoms with E-state index >= 15 is 0 Å². The molecule has 0 saturated heterocycles. The zero-order chi connectivity index (χ0) is 17.0. The molecule has 2 rings (SSSR count). The third-order valence-electron chi connectivity index (χ3n) is 2.78. The minimum atomic E-state index is -3.70. The highest BCUT2D eigenvalue weighted by Crippen LogP contribution is 2.20. The van der Waals surface area contributed by atoms with Gasteiger partial charge >= 0.3 is 0 Å². The summed E-state index contributed by atoms with van der Waals surface area (Å²) in [4.78, 5) is 11.6. The van der Waals surface area contributed by atoms with Gasteiger partial charge in [0.15, 0.2) is 0 Å². The van der Waals surface area contributed by atoms with E-state index in [2.05, 4.69) is 15.9 Å². The Bertz CT molecular complexity index is 839. The first-order chi connectivity index (χ1) is 10.7. The Morgan fingerprint density at radius 3 is 2.61 bits per heavy atom. The van der Waals surface area contributed by atoms with E-state index in [1.54, 1.807) is 22.9 Å². The molecule has 0 radical (unpaired) electrons. The highest BCUT2D eigenvalue weighted by Gasteiger charge is 2.13. The van der Waals surface area contributed by atoms with Crippen LogP contribution in [0.25, 0.3) is 0 Å². The fourth-order valence-electron chi connectivity index (χ4n) is 1.75. The second kappa shape index (κ2) is 7.10. The molecule has 0 heterocycles. The van der Waals surface area contributed by atoms with Gasteiger partial charge < -0.3 is 4.74 Å². The molecule has 1 N–H and O–H groups in total. The third-order valence-corrected chi connectivity index (χ3v) is 3.83. The number of nitrogens with one attached hydrogen (secondary N) is 1. The molecule has 5 nitrogen and oxygen atoms in total. The summed E-state index contributed by atoms with van der Waals surface area (Å²) in [6.45, 7) is -0.0176. The average Bonchev–Trinajstić information content (AvgIpc) is 2.44. The Morgan fingerprint density at radius 1 is 1.26 bits per heavy atom. The highest BCUT2D eigenvalue weighted by atomic mass is 79.9. The van der Waals surface area contributed by atoms with Crippen LogP contribution in [0.1, 0.15) is 15.9 Å². The number of sulfonamides is 1. The second-order valence-corrected chi connectivity index (χ2v) is 7.42. The number of rotatable bonds is 5. The van der Waals surface area contributed by atoms with E-state index in [1.165, 1.54) is 12.1 Å². The number of halogens is 2. The smallest absolute Gasteiger partial charge is 0.264 e. The fraction of sp³-hybridized carbons (Fsp3) is 0.133. The van der Waals surface area contributed by atoms with Gasteiger partial charge in [-0.25, -0.2) is 17.5 Å². The van der Waals surface area contributed by atoms with Crippen LogP contribution in [0.5, 0.6) is 5.75 Å². The van der Waals surface area contributed by atoms with Gasteiger partial charge in [0.25, 0.3) is 5.91 Å². The standard InChI is InChI=1S/C15H13BrFNO4S/c1-23(20,21)18-15(19)10-5-6-11(14(17)7-10)9-22-13-4-2-3-12(16)8-13/h2-8H,9H2,1H3,(H,18,19). The molecule has 23 heavy (non-hydrogen) atoms. The van der Waals surface area contributed by atoms with E-state index in [9.17, 15) is 17.6 Å². The molecule has 2 aromatic carbocycles. The lowest BCUT2D eigenvalue weighted by Crippen LogP contribution is -2.29. The van der Waals surface area contributed by atoms with Crippen LogP contribution >= 0.6 is 15.9 Å². The number of benzene rings is 2. The largest absolute Gasteiger partial charge is 0.489 e. The van der Waals surface area contributed by atoms with Gasteiger partial charge in [0.1, 0.15) is 18.2 Å². The molecule has 0 aromatic heterocycles. The van der Waals surface area contributed by atoms with E-state index in [0.717, 1.165) is 16.8 Å². The Balaban J connectivity index is 2.09. The van der Waals surface area contributed by atoms with Gasteiger partial charge in [-0.3, -0.25) is 4.79 Å². The summed E-state index contributed by atoms with van der Waals surface area (Å²) in [6, 6.07) is 10.8. The van der Waals surface area contributed by atoms with E-state index in [0.29, 0.717) is 5.75 Å². The van der Waals surface area contributed by atoms with Crippen molar-refractivity contribution in [3.63, 3.8) is 0 Å². The minimum absolute atomic E-state index is 0.0176. The van der Waals surface area contributed by atoms with Crippen molar-refractivity contribution >= 4 is 31.9 Å². The van der Waals surface area contributed by atoms with Crippen molar-refractivity contribution in [2.45, 2.75) is 6.61 Å². The Kier molecular flexibility index (Phi) is 5.38. The first-order valence-corrected chi connectivity index (χ1v) is 9.12. The summed E-state index contributed by atoms with van der Waals surface area (Å²) in [5, 5.41) is 0. The maximum Gasteiger partial charge on any atom is 0.264 e. The lowest BCUT2D eigenvalue weighted by atomic mass is 10.1. The summed E-state index contributed by atoms with van der Waals surface area (Å²) in [5.41, 5.74) is 0.167. The topological polar surface area (TPSA) is 72.5 Å². The number of amides is 1. The van der Waals surface area contributed by atoms with Crippen molar-refractivity contribution in [1.82, 2.24) is 4.72 Å². The number of hydrogen-bond acceptors (Lipinski definition) is 4. The lowest BCUT2D eigenvalue weighted by Gasteiger charge is -2.09. The maximum absolute atomic E-state index is 14.0. The van der Waals surface area contributed by atoms with Gasteiger partial charge in [0.2, 0.25) is 10.0 Å². The SMILES string of the molecule is CS(=O)(=O)NC(=O)c1ccc(COc2cccc(Br)c2)c(F)c1. The number of carbonyl (C=O) groups excluding carboxylic acids is 1. The van der Waals surface area contributed by atoms with E-state index < -0.39 is 21.7 Å². The monoisotopic (exact) mass is 401 g/mol. The average molecular weight is 402 g/mol. The van der Waals surface area contributed by atoms with Gasteiger partial charge in [-0.2, -0.15) is 0 Å². The summed E-state index contributed by atoms with van der Waals surface area (Å²) in [6.07, 6.45) is 0.849. The van der Waals surface area contributed by atoms with Crippen LogP contribution in [-0.4, -0.2) is 20.6 Å². The lowest BCUT2D eigenvalue weighted by molar-refractivity contribution is 0.0981. The first-order valence-electron chi connectivity index (χ1n) is 6.43. The number of ether oxygens (including phenoxy) is 1. The molecule has 0 spiro atoms. The van der Waals surface area contributed by atoms with Crippen LogP contribution < -0.4 is 9.46 Å². The molecule has 2 aromatic rings. The number of hydrogen-bond donors (Lipinski definition) is 1. The van der Waals surface area contributed by atoms with Crippen LogP contribution in [-0.2, 0) is 16.6 Å². The Hall–Kier alpha value is -1.93. The van der Waals surface area contributed by atoms with Gasteiger partial charge in [-0.05, 0) is 30.3 Å². The zero-order valence-corrected chi connectivity index (χ0v) is 14.4. The Labute approximate surface area is 141 Å². The summed E-state index contributed by atoms with van der Waals surface area (Å²) in [5.74, 6) is -0.968. The van der Waals surface area contributed by atoms with Crippen LogP contribution in [0.15, 0.2) is 46.9 Å². The molecule has 0 aliphatic heterocycles. The fourth-order valence-corrected chi connectivity index (χ4v) is 2.58. The van der Waals surface area contributed by atoms with Crippen molar-refractivity contribution in [2.24, 2.45) is 0 Å². The molecule has 122 valence electrons. The van der Waals surface area contributed by atoms with Crippen LogP contribution in [0, 0.1) is 5.82 Å². The molecule has 0 aliphatic rings. The van der Waals surface area contributed by atoms with Crippen LogP contribution in [0.2, 0.25) is 0 Å². The molecular formula is C15H13BrFNO4S. The van der Waals surface area contributed by atoms with Gasteiger partial charge in [-0.15, -0.1) is 0 Å². The molecular weight excluding hydrogens is 389 g/mol. The van der Waals surface area contributed by atoms with Crippen molar-refractivity contribution < 1.29 is 22.3 Å². The van der Waals surface area contributed by atoms with Crippen molar-refractivity contribution in [3.8, 4) is 5.75 Å². The molecule has 0 atom stereocenters. The van der Waals surface area contributed by atoms with Gasteiger partial charge in [0, 0.05) is 15.6 Å². The predicted octanol–water partition coefficient (Wildman–Crippen LogP) is 2.86. The van der Waals surface area contributed by atoms with Crippen LogP contribution in [0.4, 0.5) is 4.39 Å². The van der Waals surface area contributed by atoms with Gasteiger partial charge in [-0.1, -0.05) is 28.1 Å². The minimum Gasteiger partial charge on any atom is -0.489 e. The highest BCUT2D eigenvalue weighted by molar-refractivity contribution is 9.10. The van der Waals surface area contributed by atoms with E-state index in [4.69, 9.17) is 4.74 Å². The molecule has 0 unspecified atom stereocenters. The van der Waals surface area contributed by atoms with Crippen molar-refractivity contribution in [1.29, 1.82) is 0 Å². The molecule has 0 saturated carbocycles. The third kappa shape index (κ3) is 5.33. The summed E-state index contributed by atoms with van der Waals surface area (Å²) >= 11 is 3.30. The molecule has 8 heteroatoms. The van der Waals surface area contributed by atoms with Gasteiger partial charge in [0.05, 0.1) is 6.26 Å². The van der Waals surface area contributed by atoms with E-state index in [1.807, 2.05) is 6.07 Å². The zero-order valence-electron chi connectivity index (χ0n) is 12.0. The first kappa shape index (κ1) is 17.4. The van der Waals surface area contributed by atoms with E-state index in [-0.39, 0.29) is 17.7 Å². The normalized spacial score (nSPS) is 11.1. The molecule has 0 bridgehead atoms. The van der Waals surface area contributed by atoms with Crippen molar-refractivity contribution in [3.05, 3.63) is 63.9 Å². The maximum atomic E-state index is 14.0. The summed E-state index contributed by atoms with van der Waals surface area (Å²) < 4.78 is 44.1. The molecule has 0 fully saturated rings. The quantitative estimate of drug-likeness (QED) is 0.835. The molecule has 0 aliphatic carbocycles. The second-order valence-electron chi connectivity index (χ2n) is 4.76. The number of carbonyl (C=O) groups is 1. The molecule has 1 amide bonds. The van der Waals surface area contributed by atoms with Crippen LogP contribution in [0.3, 0.4) is 0 Å². The Morgan fingerprint density at radius 2 is 2.00 bits per heavy atom. The predicted molar refractivity (Wildman–Crippen MR) is 87.2 cm³/mol.